The number of non-ortho nitro benzene ring substituents is 1. The maximum absolute atomic E-state index is 10.2. The molecule has 142 valence electrons. The zero-order valence-corrected chi connectivity index (χ0v) is 15.2. The molecule has 0 aromatic heterocycles. The first-order valence-corrected chi connectivity index (χ1v) is 8.13. The molecule has 0 heterocycles. The van der Waals surface area contributed by atoms with Gasteiger partial charge in [-0.15, -0.1) is 0 Å². The summed E-state index contributed by atoms with van der Waals surface area (Å²) in [7, 11) is 1.75. The zero-order valence-electron chi connectivity index (χ0n) is 15.2. The topological polar surface area (TPSA) is 111 Å². The van der Waals surface area contributed by atoms with E-state index in [2.05, 4.69) is 30.8 Å². The highest BCUT2D eigenvalue weighted by molar-refractivity contribution is 5.61. The highest BCUT2D eigenvalue weighted by Gasteiger charge is 2.06. The summed E-state index contributed by atoms with van der Waals surface area (Å²) in [5.41, 5.74) is -0.113. The molecule has 1 atom stereocenters. The van der Waals surface area contributed by atoms with Crippen LogP contribution in [-0.2, 0) is 4.74 Å². The number of nitrogens with zero attached hydrogens (tertiary/aromatic N) is 1. The number of methoxy groups -OCH3 is 1. The predicted molar refractivity (Wildman–Crippen MR) is 95.2 cm³/mol. The summed E-state index contributed by atoms with van der Waals surface area (Å²) in [6, 6.07) is 5.35. The molecule has 0 aliphatic rings. The lowest BCUT2D eigenvalue weighted by molar-refractivity contribution is -0.384. The normalized spacial score (nSPS) is 11.4. The van der Waals surface area contributed by atoms with Crippen LogP contribution in [0.25, 0.3) is 0 Å². The second-order valence-corrected chi connectivity index (χ2v) is 5.94. The molecule has 0 aliphatic heterocycles. The van der Waals surface area contributed by atoms with Crippen molar-refractivity contribution in [3.63, 3.8) is 0 Å². The number of nitro groups is 1. The van der Waals surface area contributed by atoms with Crippen LogP contribution in [-0.4, -0.2) is 42.5 Å². The average Bonchev–Trinajstić information content (AvgIpc) is 2.53. The molecule has 1 unspecified atom stereocenters. The maximum Gasteiger partial charge on any atom is 0.511 e. The van der Waals surface area contributed by atoms with Gasteiger partial charge >= 0.3 is 6.16 Å². The van der Waals surface area contributed by atoms with Gasteiger partial charge in [0.1, 0.15) is 5.75 Å². The molecular formula is C17H28N2O6. The minimum absolute atomic E-state index is 0.0538. The molecule has 8 nitrogen and oxygen atoms in total. The van der Waals surface area contributed by atoms with Crippen molar-refractivity contribution in [2.45, 2.75) is 39.7 Å². The summed E-state index contributed by atoms with van der Waals surface area (Å²) in [6.45, 7) is 8.70. The fraction of sp³-hybridized carbons (Fsp3) is 0.588. The molecule has 0 fully saturated rings. The van der Waals surface area contributed by atoms with Gasteiger partial charge < -0.3 is 19.9 Å². The molecule has 0 saturated carbocycles. The van der Waals surface area contributed by atoms with E-state index in [0.717, 1.165) is 37.6 Å². The van der Waals surface area contributed by atoms with Crippen LogP contribution in [0.2, 0.25) is 0 Å². The van der Waals surface area contributed by atoms with Crippen LogP contribution in [0.15, 0.2) is 24.3 Å². The van der Waals surface area contributed by atoms with E-state index in [0.29, 0.717) is 6.04 Å². The third kappa shape index (κ3) is 12.8. The molecule has 0 saturated heterocycles. The van der Waals surface area contributed by atoms with Gasteiger partial charge in [0.2, 0.25) is 0 Å². The van der Waals surface area contributed by atoms with E-state index in [1.807, 2.05) is 0 Å². The molecule has 0 spiro atoms. The number of rotatable bonds is 9. The summed E-state index contributed by atoms with van der Waals surface area (Å²) < 4.78 is 9.24. The zero-order chi connectivity index (χ0) is 19.2. The Hall–Kier alpha value is -2.19. The average molecular weight is 356 g/mol. The Bertz CT molecular complexity index is 504. The van der Waals surface area contributed by atoms with Gasteiger partial charge in [-0.25, -0.2) is 4.79 Å². The second-order valence-electron chi connectivity index (χ2n) is 5.94. The van der Waals surface area contributed by atoms with E-state index < -0.39 is 11.1 Å². The number of carboxylic acid groups (broad SMARTS) is 1. The number of hydrogen-bond acceptors (Lipinski definition) is 6. The SMILES string of the molecule is COCCC(C)NCCC(C)C.O=C(O)Oc1ccc([N+](=O)[O-])cc1. The van der Waals surface area contributed by atoms with Gasteiger partial charge in [0.05, 0.1) is 4.92 Å². The van der Waals surface area contributed by atoms with Crippen molar-refractivity contribution >= 4 is 11.8 Å². The molecule has 8 heteroatoms. The van der Waals surface area contributed by atoms with E-state index in [1.54, 1.807) is 7.11 Å². The van der Waals surface area contributed by atoms with Gasteiger partial charge in [-0.1, -0.05) is 13.8 Å². The summed E-state index contributed by atoms with van der Waals surface area (Å²) in [5.74, 6) is 0.852. The second kappa shape index (κ2) is 13.1. The van der Waals surface area contributed by atoms with Crippen LogP contribution in [0.4, 0.5) is 10.5 Å². The van der Waals surface area contributed by atoms with Gasteiger partial charge in [0.25, 0.3) is 5.69 Å². The number of ether oxygens (including phenoxy) is 2. The molecule has 25 heavy (non-hydrogen) atoms. The Balaban J connectivity index is 0.000000463. The highest BCUT2D eigenvalue weighted by Crippen LogP contribution is 2.17. The van der Waals surface area contributed by atoms with E-state index in [9.17, 15) is 14.9 Å². The van der Waals surface area contributed by atoms with Crippen molar-refractivity contribution in [1.29, 1.82) is 0 Å². The first kappa shape index (κ1) is 22.8. The van der Waals surface area contributed by atoms with Crippen molar-refractivity contribution in [3.05, 3.63) is 34.4 Å². The highest BCUT2D eigenvalue weighted by atomic mass is 16.7. The molecule has 0 amide bonds. The Morgan fingerprint density at radius 1 is 1.24 bits per heavy atom. The van der Waals surface area contributed by atoms with Crippen LogP contribution < -0.4 is 10.1 Å². The predicted octanol–water partition coefficient (Wildman–Crippen LogP) is 3.70. The lowest BCUT2D eigenvalue weighted by Crippen LogP contribution is -2.28. The number of nitrogens with one attached hydrogen (secondary N) is 1. The first-order valence-electron chi connectivity index (χ1n) is 8.13. The summed E-state index contributed by atoms with van der Waals surface area (Å²) in [5, 5.41) is 21.8. The summed E-state index contributed by atoms with van der Waals surface area (Å²) in [4.78, 5) is 19.6. The molecule has 0 bridgehead atoms. The van der Waals surface area contributed by atoms with Crippen LogP contribution in [0.1, 0.15) is 33.6 Å². The Labute approximate surface area is 148 Å². The number of nitro benzene ring substituents is 1. The Kier molecular flexibility index (Phi) is 12.0. The largest absolute Gasteiger partial charge is 0.511 e. The third-order valence-corrected chi connectivity index (χ3v) is 3.22. The monoisotopic (exact) mass is 356 g/mol. The van der Waals surface area contributed by atoms with Crippen LogP contribution in [0.3, 0.4) is 0 Å². The van der Waals surface area contributed by atoms with Gasteiger partial charge in [0.15, 0.2) is 0 Å². The van der Waals surface area contributed by atoms with Gasteiger partial charge in [0, 0.05) is 31.9 Å². The number of carbonyl (C=O) groups is 1. The van der Waals surface area contributed by atoms with E-state index >= 15 is 0 Å². The minimum atomic E-state index is -1.45. The van der Waals surface area contributed by atoms with Crippen molar-refractivity contribution in [2.24, 2.45) is 5.92 Å². The molecule has 1 rings (SSSR count). The smallest absolute Gasteiger partial charge is 0.449 e. The molecule has 1 aromatic carbocycles. The maximum atomic E-state index is 10.2. The quantitative estimate of drug-likeness (QED) is 0.300. The fourth-order valence-electron chi connectivity index (χ4n) is 1.75. The van der Waals surface area contributed by atoms with Crippen LogP contribution in [0.5, 0.6) is 5.75 Å². The third-order valence-electron chi connectivity index (χ3n) is 3.22. The fourth-order valence-corrected chi connectivity index (χ4v) is 1.75. The lowest BCUT2D eigenvalue weighted by Gasteiger charge is -2.13. The summed E-state index contributed by atoms with van der Waals surface area (Å²) >= 11 is 0. The number of hydrogen-bond donors (Lipinski definition) is 2. The molecular weight excluding hydrogens is 328 g/mol. The van der Waals surface area contributed by atoms with Crippen molar-refractivity contribution in [1.82, 2.24) is 5.32 Å². The number of benzene rings is 1. The first-order chi connectivity index (χ1) is 11.8. The van der Waals surface area contributed by atoms with Crippen LogP contribution >= 0.6 is 0 Å². The van der Waals surface area contributed by atoms with Gasteiger partial charge in [-0.2, -0.15) is 0 Å². The van der Waals surface area contributed by atoms with Crippen molar-refractivity contribution in [3.8, 4) is 5.75 Å². The van der Waals surface area contributed by atoms with Gasteiger partial charge in [-0.05, 0) is 44.4 Å². The molecule has 2 N–H and O–H groups in total. The Morgan fingerprint density at radius 3 is 2.28 bits per heavy atom. The van der Waals surface area contributed by atoms with Crippen molar-refractivity contribution in [2.75, 3.05) is 20.3 Å². The molecule has 0 aliphatic carbocycles. The van der Waals surface area contributed by atoms with E-state index in [4.69, 9.17) is 9.84 Å². The van der Waals surface area contributed by atoms with Gasteiger partial charge in [-0.3, -0.25) is 10.1 Å². The van der Waals surface area contributed by atoms with Crippen molar-refractivity contribution < 1.29 is 24.3 Å². The van der Waals surface area contributed by atoms with Crippen LogP contribution in [0, 0.1) is 16.0 Å². The lowest BCUT2D eigenvalue weighted by atomic mass is 10.1. The molecule has 0 radical (unpaired) electrons. The van der Waals surface area contributed by atoms with E-state index in [-0.39, 0.29) is 11.4 Å². The standard InChI is InChI=1S/C10H23NO.C7H5NO5/c1-9(2)5-7-11-10(3)6-8-12-4;9-7(10)13-6-3-1-5(2-4-6)8(11)12/h9-11H,5-8H2,1-4H3;1-4H,(H,9,10). The minimum Gasteiger partial charge on any atom is -0.449 e. The molecule has 1 aromatic rings. The summed E-state index contributed by atoms with van der Waals surface area (Å²) in [6.07, 6.45) is 0.917. The van der Waals surface area contributed by atoms with E-state index in [1.165, 1.54) is 18.6 Å². The Morgan fingerprint density at radius 2 is 1.84 bits per heavy atom.